The molecule has 0 saturated heterocycles. The van der Waals surface area contributed by atoms with Crippen molar-refractivity contribution in [3.63, 3.8) is 0 Å². The summed E-state index contributed by atoms with van der Waals surface area (Å²) in [5.41, 5.74) is 0. The molecule has 0 atom stereocenters. The Morgan fingerprint density at radius 3 is 2.10 bits per heavy atom. The summed E-state index contributed by atoms with van der Waals surface area (Å²) in [6, 6.07) is 14.6. The molecule has 0 saturated carbocycles. The first kappa shape index (κ1) is 14.6. The van der Waals surface area contributed by atoms with Crippen molar-refractivity contribution in [2.75, 3.05) is 13.2 Å². The largest absolute Gasteiger partial charge is 0.494 e. The number of sulfone groups is 1. The Hall–Kier alpha value is -1.85. The first-order chi connectivity index (χ1) is 9.64. The van der Waals surface area contributed by atoms with E-state index >= 15 is 0 Å². The Morgan fingerprint density at radius 2 is 1.50 bits per heavy atom. The molecule has 0 amide bonds. The second-order valence-corrected chi connectivity index (χ2v) is 6.16. The van der Waals surface area contributed by atoms with Crippen molar-refractivity contribution in [2.45, 2.75) is 16.2 Å². The van der Waals surface area contributed by atoms with E-state index in [0.29, 0.717) is 18.8 Å². The highest BCUT2D eigenvalue weighted by atomic mass is 32.2. The van der Waals surface area contributed by atoms with Crippen LogP contribution >= 0.6 is 0 Å². The van der Waals surface area contributed by atoms with Crippen molar-refractivity contribution in [1.29, 1.82) is 0 Å². The summed E-state index contributed by atoms with van der Waals surface area (Å²) in [6.07, 6.45) is 0.546. The van der Waals surface area contributed by atoms with Crippen molar-refractivity contribution in [1.82, 2.24) is 0 Å². The van der Waals surface area contributed by atoms with E-state index in [-0.39, 0.29) is 16.4 Å². The van der Waals surface area contributed by atoms with E-state index in [9.17, 15) is 8.42 Å². The number of ether oxygens (including phenoxy) is 1. The minimum atomic E-state index is -3.48. The predicted octanol–water partition coefficient (Wildman–Crippen LogP) is 2.28. The van der Waals surface area contributed by atoms with Crippen LogP contribution in [0.5, 0.6) is 5.75 Å². The summed E-state index contributed by atoms with van der Waals surface area (Å²) in [6.45, 7) is 0.474. The van der Waals surface area contributed by atoms with Gasteiger partial charge in [-0.3, -0.25) is 0 Å². The fraction of sp³-hybridized carbons (Fsp3) is 0.200. The maximum Gasteiger partial charge on any atom is 0.206 e. The van der Waals surface area contributed by atoms with Crippen molar-refractivity contribution >= 4 is 9.84 Å². The average Bonchev–Trinajstić information content (AvgIpc) is 2.49. The fourth-order valence-electron chi connectivity index (χ4n) is 1.71. The molecule has 1 N–H and O–H groups in total. The molecule has 0 aliphatic heterocycles. The zero-order chi connectivity index (χ0) is 14.4. The first-order valence-corrected chi connectivity index (χ1v) is 7.77. The van der Waals surface area contributed by atoms with Gasteiger partial charge < -0.3 is 9.84 Å². The zero-order valence-corrected chi connectivity index (χ0v) is 11.7. The van der Waals surface area contributed by atoms with Gasteiger partial charge in [0.25, 0.3) is 0 Å². The third-order valence-corrected chi connectivity index (χ3v) is 4.54. The van der Waals surface area contributed by atoms with Crippen LogP contribution in [0.4, 0.5) is 0 Å². The van der Waals surface area contributed by atoms with Gasteiger partial charge in [-0.15, -0.1) is 0 Å². The summed E-state index contributed by atoms with van der Waals surface area (Å²) in [5, 5.41) is 8.66. The Bertz CT molecular complexity index is 633. The molecule has 20 heavy (non-hydrogen) atoms. The molecule has 5 heteroatoms. The topological polar surface area (TPSA) is 63.6 Å². The van der Waals surface area contributed by atoms with Crippen LogP contribution in [0.15, 0.2) is 64.4 Å². The van der Waals surface area contributed by atoms with E-state index < -0.39 is 9.84 Å². The van der Waals surface area contributed by atoms with Crippen LogP contribution in [0.3, 0.4) is 0 Å². The van der Waals surface area contributed by atoms with Gasteiger partial charge in [0.05, 0.1) is 16.4 Å². The molecular formula is C15H16O4S. The van der Waals surface area contributed by atoms with Crippen molar-refractivity contribution < 1.29 is 18.3 Å². The van der Waals surface area contributed by atoms with Crippen LogP contribution in [0, 0.1) is 0 Å². The summed E-state index contributed by atoms with van der Waals surface area (Å²) >= 11 is 0. The predicted molar refractivity (Wildman–Crippen MR) is 75.5 cm³/mol. The molecule has 0 aliphatic rings. The molecular weight excluding hydrogens is 276 g/mol. The maximum absolute atomic E-state index is 12.3. The Kier molecular flexibility index (Phi) is 4.76. The normalized spacial score (nSPS) is 11.2. The molecule has 0 radical (unpaired) electrons. The lowest BCUT2D eigenvalue weighted by atomic mass is 10.3. The van der Waals surface area contributed by atoms with Crippen LogP contribution in [0.2, 0.25) is 0 Å². The van der Waals surface area contributed by atoms with Crippen LogP contribution < -0.4 is 4.74 Å². The lowest BCUT2D eigenvalue weighted by molar-refractivity contribution is 0.233. The van der Waals surface area contributed by atoms with Crippen LogP contribution in [0.25, 0.3) is 0 Å². The number of rotatable bonds is 6. The highest BCUT2D eigenvalue weighted by Crippen LogP contribution is 2.22. The van der Waals surface area contributed by atoms with Crippen molar-refractivity contribution in [3.8, 4) is 5.75 Å². The quantitative estimate of drug-likeness (QED) is 0.830. The second kappa shape index (κ2) is 6.54. The minimum absolute atomic E-state index is 0.0699. The average molecular weight is 292 g/mol. The van der Waals surface area contributed by atoms with Gasteiger partial charge in [-0.05, 0) is 36.4 Å². The molecule has 0 spiro atoms. The van der Waals surface area contributed by atoms with Gasteiger partial charge in [0.2, 0.25) is 9.84 Å². The van der Waals surface area contributed by atoms with Gasteiger partial charge in [0, 0.05) is 13.0 Å². The van der Waals surface area contributed by atoms with Crippen molar-refractivity contribution in [2.24, 2.45) is 0 Å². The van der Waals surface area contributed by atoms with Crippen LogP contribution in [-0.2, 0) is 9.84 Å². The zero-order valence-electron chi connectivity index (χ0n) is 10.9. The summed E-state index contributed by atoms with van der Waals surface area (Å²) in [5.74, 6) is 0.588. The summed E-state index contributed by atoms with van der Waals surface area (Å²) in [7, 11) is -3.48. The highest BCUT2D eigenvalue weighted by Gasteiger charge is 2.16. The first-order valence-electron chi connectivity index (χ1n) is 6.28. The lowest BCUT2D eigenvalue weighted by Crippen LogP contribution is -2.03. The molecule has 2 aromatic rings. The van der Waals surface area contributed by atoms with E-state index in [1.54, 1.807) is 42.5 Å². The second-order valence-electron chi connectivity index (χ2n) is 4.21. The van der Waals surface area contributed by atoms with Gasteiger partial charge in [-0.2, -0.15) is 0 Å². The molecule has 2 rings (SSSR count). The summed E-state index contributed by atoms with van der Waals surface area (Å²) in [4.78, 5) is 0.507. The van der Waals surface area contributed by atoms with Gasteiger partial charge in [-0.1, -0.05) is 18.2 Å². The van der Waals surface area contributed by atoms with Crippen LogP contribution in [0.1, 0.15) is 6.42 Å². The molecule has 0 heterocycles. The standard InChI is InChI=1S/C15H16O4S/c16-11-4-12-19-13-7-9-15(10-8-13)20(17,18)14-5-2-1-3-6-14/h1-3,5-10,16H,4,11-12H2. The third kappa shape index (κ3) is 3.37. The Balaban J connectivity index is 2.17. The molecule has 4 nitrogen and oxygen atoms in total. The number of benzene rings is 2. The monoisotopic (exact) mass is 292 g/mol. The Labute approximate surface area is 118 Å². The smallest absolute Gasteiger partial charge is 0.206 e. The summed E-state index contributed by atoms with van der Waals surface area (Å²) < 4.78 is 30.0. The number of hydrogen-bond donors (Lipinski definition) is 1. The molecule has 106 valence electrons. The number of aliphatic hydroxyl groups excluding tert-OH is 1. The third-order valence-electron chi connectivity index (χ3n) is 2.76. The maximum atomic E-state index is 12.3. The Morgan fingerprint density at radius 1 is 0.900 bits per heavy atom. The van der Waals surface area contributed by atoms with Gasteiger partial charge in [-0.25, -0.2) is 8.42 Å². The number of hydrogen-bond acceptors (Lipinski definition) is 4. The SMILES string of the molecule is O=S(=O)(c1ccccc1)c1ccc(OCCCO)cc1. The van der Waals surface area contributed by atoms with Gasteiger partial charge in [0.1, 0.15) is 5.75 Å². The lowest BCUT2D eigenvalue weighted by Gasteiger charge is -2.07. The minimum Gasteiger partial charge on any atom is -0.494 e. The van der Waals surface area contributed by atoms with Crippen LogP contribution in [-0.4, -0.2) is 26.7 Å². The van der Waals surface area contributed by atoms with E-state index in [2.05, 4.69) is 0 Å². The highest BCUT2D eigenvalue weighted by molar-refractivity contribution is 7.91. The molecule has 0 unspecified atom stereocenters. The van der Waals surface area contributed by atoms with E-state index in [4.69, 9.17) is 9.84 Å². The molecule has 0 fully saturated rings. The van der Waals surface area contributed by atoms with Gasteiger partial charge >= 0.3 is 0 Å². The van der Waals surface area contributed by atoms with Crippen molar-refractivity contribution in [3.05, 3.63) is 54.6 Å². The molecule has 2 aromatic carbocycles. The van der Waals surface area contributed by atoms with Gasteiger partial charge in [0.15, 0.2) is 0 Å². The number of aliphatic hydroxyl groups is 1. The fourth-order valence-corrected chi connectivity index (χ4v) is 2.99. The van der Waals surface area contributed by atoms with E-state index in [1.165, 1.54) is 12.1 Å². The van der Waals surface area contributed by atoms with E-state index in [1.807, 2.05) is 0 Å². The van der Waals surface area contributed by atoms with E-state index in [0.717, 1.165) is 0 Å². The molecule has 0 aliphatic carbocycles. The molecule has 0 bridgehead atoms. The molecule has 0 aromatic heterocycles.